The van der Waals surface area contributed by atoms with Gasteiger partial charge in [-0.05, 0) is 37.6 Å². The quantitative estimate of drug-likeness (QED) is 0.806. The third-order valence-corrected chi connectivity index (χ3v) is 3.10. The van der Waals surface area contributed by atoms with E-state index in [1.54, 1.807) is 0 Å². The minimum atomic E-state index is 0.206. The molecule has 1 unspecified atom stereocenters. The SMILES string of the molecule is CC(C)OCCNCC1Cc2cc(Cl)ccc2O1. The van der Waals surface area contributed by atoms with Crippen molar-refractivity contribution in [3.05, 3.63) is 28.8 Å². The summed E-state index contributed by atoms with van der Waals surface area (Å²) in [5.41, 5.74) is 1.20. The highest BCUT2D eigenvalue weighted by Crippen LogP contribution is 2.30. The van der Waals surface area contributed by atoms with Crippen molar-refractivity contribution in [1.82, 2.24) is 5.32 Å². The number of rotatable bonds is 6. The summed E-state index contributed by atoms with van der Waals surface area (Å²) in [6.07, 6.45) is 1.42. The summed E-state index contributed by atoms with van der Waals surface area (Å²) in [4.78, 5) is 0. The van der Waals surface area contributed by atoms with Gasteiger partial charge in [-0.3, -0.25) is 0 Å². The average Bonchev–Trinajstić information content (AvgIpc) is 2.70. The Labute approximate surface area is 113 Å². The second kappa shape index (κ2) is 6.41. The largest absolute Gasteiger partial charge is 0.488 e. The Kier molecular flexibility index (Phi) is 4.87. The van der Waals surface area contributed by atoms with Crippen LogP contribution in [0, 0.1) is 0 Å². The third kappa shape index (κ3) is 3.87. The number of hydrogen-bond donors (Lipinski definition) is 1. The molecule has 1 aliphatic heterocycles. The Bertz CT molecular complexity index is 395. The zero-order chi connectivity index (χ0) is 13.0. The monoisotopic (exact) mass is 269 g/mol. The van der Waals surface area contributed by atoms with Gasteiger partial charge < -0.3 is 14.8 Å². The predicted octanol–water partition coefficient (Wildman–Crippen LogP) is 2.66. The molecule has 1 aromatic rings. The van der Waals surface area contributed by atoms with Crippen LogP contribution < -0.4 is 10.1 Å². The van der Waals surface area contributed by atoms with E-state index in [0.29, 0.717) is 6.10 Å². The molecule has 0 radical (unpaired) electrons. The van der Waals surface area contributed by atoms with Gasteiger partial charge in [-0.15, -0.1) is 0 Å². The van der Waals surface area contributed by atoms with E-state index in [1.807, 2.05) is 32.0 Å². The Balaban J connectivity index is 1.68. The number of hydrogen-bond acceptors (Lipinski definition) is 3. The highest BCUT2D eigenvalue weighted by Gasteiger charge is 2.22. The molecule has 1 aromatic carbocycles. The van der Waals surface area contributed by atoms with Gasteiger partial charge in [-0.25, -0.2) is 0 Å². The van der Waals surface area contributed by atoms with E-state index in [4.69, 9.17) is 21.1 Å². The molecule has 0 saturated carbocycles. The molecule has 0 aromatic heterocycles. The van der Waals surface area contributed by atoms with E-state index in [0.717, 1.165) is 36.9 Å². The first-order valence-electron chi connectivity index (χ1n) is 6.42. The van der Waals surface area contributed by atoms with E-state index >= 15 is 0 Å². The highest BCUT2D eigenvalue weighted by atomic mass is 35.5. The lowest BCUT2D eigenvalue weighted by atomic mass is 10.1. The van der Waals surface area contributed by atoms with Crippen LogP contribution in [0.5, 0.6) is 5.75 Å². The smallest absolute Gasteiger partial charge is 0.123 e. The molecule has 0 bridgehead atoms. The van der Waals surface area contributed by atoms with Gasteiger partial charge in [0.25, 0.3) is 0 Å². The number of ether oxygens (including phenoxy) is 2. The van der Waals surface area contributed by atoms with Crippen LogP contribution in [0.25, 0.3) is 0 Å². The fourth-order valence-electron chi connectivity index (χ4n) is 2.03. The van der Waals surface area contributed by atoms with Gasteiger partial charge in [0.2, 0.25) is 0 Å². The second-order valence-corrected chi connectivity index (χ2v) is 5.26. The predicted molar refractivity (Wildman–Crippen MR) is 73.5 cm³/mol. The van der Waals surface area contributed by atoms with Crippen LogP contribution in [0.2, 0.25) is 5.02 Å². The van der Waals surface area contributed by atoms with Crippen molar-refractivity contribution in [1.29, 1.82) is 0 Å². The lowest BCUT2D eigenvalue weighted by Crippen LogP contribution is -2.32. The fourth-order valence-corrected chi connectivity index (χ4v) is 2.23. The van der Waals surface area contributed by atoms with Gasteiger partial charge in [-0.2, -0.15) is 0 Å². The molecular formula is C14H20ClNO2. The van der Waals surface area contributed by atoms with E-state index in [2.05, 4.69) is 5.32 Å². The standard InChI is InChI=1S/C14H20ClNO2/c1-10(2)17-6-5-16-9-13-8-11-7-12(15)3-4-14(11)18-13/h3-4,7,10,13,16H,5-6,8-9H2,1-2H3. The van der Waals surface area contributed by atoms with Crippen LogP contribution in [-0.2, 0) is 11.2 Å². The van der Waals surface area contributed by atoms with Gasteiger partial charge in [0, 0.05) is 24.5 Å². The van der Waals surface area contributed by atoms with Crippen LogP contribution in [-0.4, -0.2) is 31.9 Å². The molecule has 18 heavy (non-hydrogen) atoms. The molecule has 0 spiro atoms. The molecule has 2 rings (SSSR count). The van der Waals surface area contributed by atoms with E-state index in [-0.39, 0.29) is 6.10 Å². The molecule has 0 fully saturated rings. The van der Waals surface area contributed by atoms with Crippen molar-refractivity contribution in [3.63, 3.8) is 0 Å². The molecular weight excluding hydrogens is 250 g/mol. The van der Waals surface area contributed by atoms with Crippen LogP contribution in [0.4, 0.5) is 0 Å². The Hall–Kier alpha value is -0.770. The van der Waals surface area contributed by atoms with Gasteiger partial charge in [0.15, 0.2) is 0 Å². The summed E-state index contributed by atoms with van der Waals surface area (Å²) in [5.74, 6) is 0.963. The first-order valence-corrected chi connectivity index (χ1v) is 6.80. The van der Waals surface area contributed by atoms with Crippen LogP contribution in [0.15, 0.2) is 18.2 Å². The van der Waals surface area contributed by atoms with Gasteiger partial charge in [0.05, 0.1) is 12.7 Å². The van der Waals surface area contributed by atoms with E-state index < -0.39 is 0 Å². The summed E-state index contributed by atoms with van der Waals surface area (Å²) >= 11 is 5.96. The number of fused-ring (bicyclic) bond motifs is 1. The molecule has 0 amide bonds. The normalized spacial score (nSPS) is 17.9. The van der Waals surface area contributed by atoms with Crippen LogP contribution >= 0.6 is 11.6 Å². The molecule has 3 nitrogen and oxygen atoms in total. The highest BCUT2D eigenvalue weighted by molar-refractivity contribution is 6.30. The first-order chi connectivity index (χ1) is 8.65. The minimum absolute atomic E-state index is 0.206. The van der Waals surface area contributed by atoms with Crippen molar-refractivity contribution in [2.45, 2.75) is 32.5 Å². The van der Waals surface area contributed by atoms with Gasteiger partial charge in [-0.1, -0.05) is 11.6 Å². The Morgan fingerprint density at radius 2 is 2.33 bits per heavy atom. The first kappa shape index (κ1) is 13.7. The van der Waals surface area contributed by atoms with Crippen molar-refractivity contribution in [2.75, 3.05) is 19.7 Å². The molecule has 1 heterocycles. The maximum absolute atomic E-state index is 5.96. The zero-order valence-corrected chi connectivity index (χ0v) is 11.7. The fraction of sp³-hybridized carbons (Fsp3) is 0.571. The summed E-state index contributed by atoms with van der Waals surface area (Å²) < 4.78 is 11.3. The number of nitrogens with one attached hydrogen (secondary N) is 1. The molecule has 0 saturated heterocycles. The molecule has 0 aliphatic carbocycles. The second-order valence-electron chi connectivity index (χ2n) is 4.82. The van der Waals surface area contributed by atoms with E-state index in [9.17, 15) is 0 Å². The summed E-state index contributed by atoms with van der Waals surface area (Å²) in [5, 5.41) is 4.12. The van der Waals surface area contributed by atoms with Crippen LogP contribution in [0.3, 0.4) is 0 Å². The van der Waals surface area contributed by atoms with Crippen molar-refractivity contribution < 1.29 is 9.47 Å². The summed E-state index contributed by atoms with van der Waals surface area (Å²) in [7, 11) is 0. The minimum Gasteiger partial charge on any atom is -0.488 e. The zero-order valence-electron chi connectivity index (χ0n) is 10.9. The average molecular weight is 270 g/mol. The number of halogens is 1. The summed E-state index contributed by atoms with van der Waals surface area (Å²) in [6.45, 7) is 6.52. The Morgan fingerprint density at radius 3 is 3.11 bits per heavy atom. The molecule has 1 atom stereocenters. The molecule has 100 valence electrons. The maximum atomic E-state index is 5.96. The van der Waals surface area contributed by atoms with Crippen molar-refractivity contribution >= 4 is 11.6 Å². The van der Waals surface area contributed by atoms with Crippen LogP contribution in [0.1, 0.15) is 19.4 Å². The summed E-state index contributed by atoms with van der Waals surface area (Å²) in [6, 6.07) is 5.80. The molecule has 1 N–H and O–H groups in total. The molecule has 4 heteroatoms. The lowest BCUT2D eigenvalue weighted by Gasteiger charge is -2.12. The number of benzene rings is 1. The van der Waals surface area contributed by atoms with E-state index in [1.165, 1.54) is 5.56 Å². The maximum Gasteiger partial charge on any atom is 0.123 e. The third-order valence-electron chi connectivity index (χ3n) is 2.87. The topological polar surface area (TPSA) is 30.5 Å². The van der Waals surface area contributed by atoms with Gasteiger partial charge >= 0.3 is 0 Å². The Morgan fingerprint density at radius 1 is 1.50 bits per heavy atom. The van der Waals surface area contributed by atoms with Gasteiger partial charge in [0.1, 0.15) is 11.9 Å². The lowest BCUT2D eigenvalue weighted by molar-refractivity contribution is 0.0794. The van der Waals surface area contributed by atoms with Crippen molar-refractivity contribution in [3.8, 4) is 5.75 Å². The molecule has 1 aliphatic rings. The van der Waals surface area contributed by atoms with Crippen molar-refractivity contribution in [2.24, 2.45) is 0 Å².